The van der Waals surface area contributed by atoms with Gasteiger partial charge in [0.05, 0.1) is 19.1 Å². The number of ether oxygens (including phenoxy) is 1. The average Bonchev–Trinajstić information content (AvgIpc) is 2.82. The molecular formula is C26H37N3O5S. The molecule has 0 bridgehead atoms. The minimum Gasteiger partial charge on any atom is -0.495 e. The van der Waals surface area contributed by atoms with Crippen LogP contribution in [0.3, 0.4) is 0 Å². The third-order valence-corrected chi connectivity index (χ3v) is 6.90. The molecule has 0 aliphatic heterocycles. The molecule has 0 saturated carbocycles. The van der Waals surface area contributed by atoms with E-state index in [-0.39, 0.29) is 24.8 Å². The van der Waals surface area contributed by atoms with E-state index in [9.17, 15) is 18.0 Å². The third kappa shape index (κ3) is 7.99. The number of likely N-dealkylation sites (N-methyl/N-ethyl adjacent to an activating group) is 1. The topological polar surface area (TPSA) is 96.0 Å². The number of hydrogen-bond acceptors (Lipinski definition) is 5. The predicted molar refractivity (Wildman–Crippen MR) is 139 cm³/mol. The van der Waals surface area contributed by atoms with Crippen molar-refractivity contribution in [3.63, 3.8) is 0 Å². The van der Waals surface area contributed by atoms with Crippen molar-refractivity contribution < 1.29 is 22.7 Å². The summed E-state index contributed by atoms with van der Waals surface area (Å²) >= 11 is 0. The quantitative estimate of drug-likeness (QED) is 0.451. The summed E-state index contributed by atoms with van der Waals surface area (Å²) in [7, 11) is -2.11. The van der Waals surface area contributed by atoms with Crippen LogP contribution < -0.4 is 14.4 Å². The fourth-order valence-corrected chi connectivity index (χ4v) is 4.89. The minimum absolute atomic E-state index is 0.100. The number of rotatable bonds is 13. The van der Waals surface area contributed by atoms with Gasteiger partial charge in [-0.3, -0.25) is 13.9 Å². The largest absolute Gasteiger partial charge is 0.495 e. The molecule has 0 unspecified atom stereocenters. The molecule has 0 heterocycles. The van der Waals surface area contributed by atoms with Crippen LogP contribution >= 0.6 is 0 Å². The molecule has 0 aliphatic carbocycles. The molecule has 2 aromatic rings. The summed E-state index contributed by atoms with van der Waals surface area (Å²) in [5.41, 5.74) is 2.47. The van der Waals surface area contributed by atoms with Crippen molar-refractivity contribution in [2.45, 2.75) is 52.6 Å². The number of nitrogens with one attached hydrogen (secondary N) is 1. The number of carbonyl (C=O) groups excluding carboxylic acids is 2. The van der Waals surface area contributed by atoms with Crippen LogP contribution in [0.2, 0.25) is 0 Å². The van der Waals surface area contributed by atoms with Crippen molar-refractivity contribution in [1.29, 1.82) is 0 Å². The lowest BCUT2D eigenvalue weighted by atomic mass is 10.1. The lowest BCUT2D eigenvalue weighted by Gasteiger charge is -2.31. The summed E-state index contributed by atoms with van der Waals surface area (Å²) in [6, 6.07) is 14.1. The maximum absolute atomic E-state index is 13.4. The Balaban J connectivity index is 2.22. The highest BCUT2D eigenvalue weighted by atomic mass is 32.2. The van der Waals surface area contributed by atoms with Gasteiger partial charge in [0.1, 0.15) is 11.8 Å². The second-order valence-electron chi connectivity index (χ2n) is 8.44. The zero-order valence-corrected chi connectivity index (χ0v) is 22.1. The van der Waals surface area contributed by atoms with E-state index in [1.54, 1.807) is 29.2 Å². The first kappa shape index (κ1) is 28.2. The first-order chi connectivity index (χ1) is 16.6. The van der Waals surface area contributed by atoms with Gasteiger partial charge in [0.25, 0.3) is 0 Å². The van der Waals surface area contributed by atoms with E-state index in [1.807, 2.05) is 45.0 Å². The van der Waals surface area contributed by atoms with E-state index in [1.165, 1.54) is 11.4 Å². The molecule has 9 heteroatoms. The standard InChI is InChI=1S/C26H37N3O5S/c1-6-22(26(31)27-7-2)28(19-21-16-14-20(3)15-17-21)25(30)13-10-18-29(35(5,32)33)23-11-8-9-12-24(23)34-4/h8-9,11-12,14-17,22H,6-7,10,13,18-19H2,1-5H3,(H,27,31)/t22-/m1/s1. The van der Waals surface area contributed by atoms with Gasteiger partial charge in [-0.25, -0.2) is 8.42 Å². The van der Waals surface area contributed by atoms with Gasteiger partial charge in [0, 0.05) is 26.1 Å². The van der Waals surface area contributed by atoms with E-state index in [0.29, 0.717) is 37.4 Å². The van der Waals surface area contributed by atoms with Crippen LogP contribution in [0.25, 0.3) is 0 Å². The van der Waals surface area contributed by atoms with Crippen molar-refractivity contribution in [3.05, 3.63) is 59.7 Å². The van der Waals surface area contributed by atoms with Crippen LogP contribution in [0.15, 0.2) is 48.5 Å². The SMILES string of the molecule is CCNC(=O)[C@@H](CC)N(Cc1ccc(C)cc1)C(=O)CCCN(c1ccccc1OC)S(C)(=O)=O. The summed E-state index contributed by atoms with van der Waals surface area (Å²) in [4.78, 5) is 27.7. The molecule has 8 nitrogen and oxygen atoms in total. The number of anilines is 1. The monoisotopic (exact) mass is 503 g/mol. The molecule has 0 fully saturated rings. The highest BCUT2D eigenvalue weighted by Gasteiger charge is 2.28. The van der Waals surface area contributed by atoms with Crippen LogP contribution in [-0.4, -0.2) is 57.6 Å². The first-order valence-corrected chi connectivity index (χ1v) is 13.7. The van der Waals surface area contributed by atoms with Crippen LogP contribution in [0, 0.1) is 6.92 Å². The molecular weight excluding hydrogens is 466 g/mol. The zero-order valence-electron chi connectivity index (χ0n) is 21.3. The van der Waals surface area contributed by atoms with Crippen molar-refractivity contribution in [3.8, 4) is 5.75 Å². The van der Waals surface area contributed by atoms with Gasteiger partial charge < -0.3 is 15.0 Å². The van der Waals surface area contributed by atoms with Crippen LogP contribution in [0.5, 0.6) is 5.75 Å². The Morgan fingerprint density at radius 3 is 2.29 bits per heavy atom. The van der Waals surface area contributed by atoms with Gasteiger partial charge in [0.15, 0.2) is 0 Å². The van der Waals surface area contributed by atoms with Crippen molar-refractivity contribution in [2.75, 3.05) is 30.8 Å². The van der Waals surface area contributed by atoms with Gasteiger partial charge in [-0.05, 0) is 44.4 Å². The Morgan fingerprint density at radius 2 is 1.71 bits per heavy atom. The Morgan fingerprint density at radius 1 is 1.06 bits per heavy atom. The van der Waals surface area contributed by atoms with Gasteiger partial charge >= 0.3 is 0 Å². The van der Waals surface area contributed by atoms with Crippen LogP contribution in [0.1, 0.15) is 44.2 Å². The summed E-state index contributed by atoms with van der Waals surface area (Å²) in [6.07, 6.45) is 2.00. The molecule has 1 atom stereocenters. The van der Waals surface area contributed by atoms with E-state index in [2.05, 4.69) is 5.32 Å². The predicted octanol–water partition coefficient (Wildman–Crippen LogP) is 3.49. The molecule has 1 N–H and O–H groups in total. The molecule has 0 aromatic heterocycles. The number of nitrogens with zero attached hydrogens (tertiary/aromatic N) is 2. The number of hydrogen-bond donors (Lipinski definition) is 1. The smallest absolute Gasteiger partial charge is 0.242 e. The fraction of sp³-hybridized carbons (Fsp3) is 0.462. The van der Waals surface area contributed by atoms with E-state index in [0.717, 1.165) is 17.4 Å². The zero-order chi connectivity index (χ0) is 26.0. The average molecular weight is 504 g/mol. The summed E-state index contributed by atoms with van der Waals surface area (Å²) < 4.78 is 31.6. The molecule has 0 aliphatic rings. The summed E-state index contributed by atoms with van der Waals surface area (Å²) in [5, 5.41) is 2.82. The first-order valence-electron chi connectivity index (χ1n) is 11.9. The second kappa shape index (κ2) is 13.1. The van der Waals surface area contributed by atoms with E-state index in [4.69, 9.17) is 4.74 Å². The molecule has 35 heavy (non-hydrogen) atoms. The maximum atomic E-state index is 13.4. The number of methoxy groups -OCH3 is 1. The molecule has 192 valence electrons. The number of para-hydroxylation sites is 2. The number of benzene rings is 2. The molecule has 2 amide bonds. The molecule has 2 aromatic carbocycles. The Hall–Kier alpha value is -3.07. The minimum atomic E-state index is -3.60. The Labute approximate surface area is 209 Å². The van der Waals surface area contributed by atoms with Gasteiger partial charge in [-0.15, -0.1) is 0 Å². The molecule has 2 rings (SSSR count). The van der Waals surface area contributed by atoms with E-state index >= 15 is 0 Å². The van der Waals surface area contributed by atoms with Gasteiger partial charge in [0.2, 0.25) is 21.8 Å². The molecule has 0 radical (unpaired) electrons. The van der Waals surface area contributed by atoms with E-state index < -0.39 is 16.1 Å². The highest BCUT2D eigenvalue weighted by molar-refractivity contribution is 7.92. The van der Waals surface area contributed by atoms with Crippen LogP contribution in [0.4, 0.5) is 5.69 Å². The van der Waals surface area contributed by atoms with Crippen molar-refractivity contribution in [2.24, 2.45) is 0 Å². The number of sulfonamides is 1. The van der Waals surface area contributed by atoms with Gasteiger partial charge in [-0.2, -0.15) is 0 Å². The Bertz CT molecular complexity index is 1090. The summed E-state index contributed by atoms with van der Waals surface area (Å²) in [5.74, 6) is 0.0481. The van der Waals surface area contributed by atoms with Crippen molar-refractivity contribution in [1.82, 2.24) is 10.2 Å². The number of amides is 2. The summed E-state index contributed by atoms with van der Waals surface area (Å²) in [6.45, 7) is 6.60. The lowest BCUT2D eigenvalue weighted by Crippen LogP contribution is -2.49. The highest BCUT2D eigenvalue weighted by Crippen LogP contribution is 2.29. The third-order valence-electron chi connectivity index (χ3n) is 5.72. The van der Waals surface area contributed by atoms with Crippen LogP contribution in [-0.2, 0) is 26.2 Å². The normalized spacial score (nSPS) is 12.0. The molecule has 0 spiro atoms. The second-order valence-corrected chi connectivity index (χ2v) is 10.3. The molecule has 0 saturated heterocycles. The van der Waals surface area contributed by atoms with Crippen molar-refractivity contribution >= 4 is 27.5 Å². The Kier molecular flexibility index (Phi) is 10.6. The van der Waals surface area contributed by atoms with Gasteiger partial charge in [-0.1, -0.05) is 48.9 Å². The maximum Gasteiger partial charge on any atom is 0.242 e. The number of aryl methyl sites for hydroxylation is 1. The lowest BCUT2D eigenvalue weighted by molar-refractivity contribution is -0.141. The fourth-order valence-electron chi connectivity index (χ4n) is 3.92. The number of carbonyl (C=O) groups is 2.